The first-order chi connectivity index (χ1) is 9.50. The molecule has 1 amide bonds. The normalized spacial score (nSPS) is 12.4. The first kappa shape index (κ1) is 14.5. The Morgan fingerprint density at radius 1 is 1.45 bits per heavy atom. The van der Waals surface area contributed by atoms with Crippen LogP contribution in [0, 0.1) is 5.92 Å². The molecule has 1 unspecified atom stereocenters. The second-order valence-electron chi connectivity index (χ2n) is 4.74. The van der Waals surface area contributed by atoms with Gasteiger partial charge in [-0.1, -0.05) is 31.5 Å². The summed E-state index contributed by atoms with van der Waals surface area (Å²) in [6, 6.07) is 4.63. The highest BCUT2D eigenvalue weighted by atomic mass is 35.5. The van der Waals surface area contributed by atoms with Crippen molar-refractivity contribution in [2.75, 3.05) is 5.32 Å². The van der Waals surface area contributed by atoms with E-state index in [1.54, 1.807) is 18.2 Å². The third kappa shape index (κ3) is 2.97. The Morgan fingerprint density at radius 2 is 2.20 bits per heavy atom. The summed E-state index contributed by atoms with van der Waals surface area (Å²) in [5, 5.41) is 7.28. The molecule has 0 aliphatic carbocycles. The van der Waals surface area contributed by atoms with Gasteiger partial charge in [-0.2, -0.15) is 5.10 Å². The minimum Gasteiger partial charge on any atom is -0.323 e. The van der Waals surface area contributed by atoms with Gasteiger partial charge < -0.3 is 11.1 Å². The van der Waals surface area contributed by atoms with Crippen molar-refractivity contribution < 1.29 is 4.79 Å². The maximum atomic E-state index is 12.1. The fourth-order valence-corrected chi connectivity index (χ4v) is 1.95. The minimum absolute atomic E-state index is 0.0454. The molecule has 7 heteroatoms. The fourth-order valence-electron chi connectivity index (χ4n) is 1.69. The number of carbonyl (C=O) groups excluding carboxylic acids is 1. The van der Waals surface area contributed by atoms with E-state index >= 15 is 0 Å². The summed E-state index contributed by atoms with van der Waals surface area (Å²) in [6.45, 7) is 3.78. The van der Waals surface area contributed by atoms with Gasteiger partial charge in [-0.05, 0) is 18.1 Å². The summed E-state index contributed by atoms with van der Waals surface area (Å²) in [7, 11) is 0. The van der Waals surface area contributed by atoms with Crippen molar-refractivity contribution in [2.24, 2.45) is 11.7 Å². The number of rotatable bonds is 4. The van der Waals surface area contributed by atoms with E-state index in [0.717, 1.165) is 0 Å². The second kappa shape index (κ2) is 6.02. The molecule has 20 heavy (non-hydrogen) atoms. The highest BCUT2D eigenvalue weighted by Crippen LogP contribution is 2.27. The Bertz CT molecular complexity index is 597. The highest BCUT2D eigenvalue weighted by Gasteiger charge is 2.19. The van der Waals surface area contributed by atoms with Crippen LogP contribution in [0.15, 0.2) is 30.9 Å². The number of carbonyl (C=O) groups is 1. The molecule has 0 aliphatic heterocycles. The Labute approximate surface area is 121 Å². The molecule has 0 saturated heterocycles. The average molecular weight is 294 g/mol. The zero-order valence-electron chi connectivity index (χ0n) is 11.2. The van der Waals surface area contributed by atoms with E-state index in [0.29, 0.717) is 16.4 Å². The summed E-state index contributed by atoms with van der Waals surface area (Å²) in [5.74, 6) is -0.215. The van der Waals surface area contributed by atoms with Crippen LogP contribution in [0.5, 0.6) is 0 Å². The van der Waals surface area contributed by atoms with Crippen LogP contribution in [0.3, 0.4) is 0 Å². The maximum Gasteiger partial charge on any atom is 0.241 e. The third-order valence-corrected chi connectivity index (χ3v) is 3.22. The first-order valence-corrected chi connectivity index (χ1v) is 6.58. The number of nitrogens with zero attached hydrogens (tertiary/aromatic N) is 3. The molecule has 106 valence electrons. The van der Waals surface area contributed by atoms with Crippen LogP contribution in [0.4, 0.5) is 5.69 Å². The lowest BCUT2D eigenvalue weighted by atomic mass is 10.0. The smallest absolute Gasteiger partial charge is 0.241 e. The number of nitrogens with one attached hydrogen (secondary N) is 1. The Balaban J connectivity index is 2.34. The molecule has 1 aromatic carbocycles. The summed E-state index contributed by atoms with van der Waals surface area (Å²) < 4.78 is 1.50. The van der Waals surface area contributed by atoms with Crippen molar-refractivity contribution in [3.63, 3.8) is 0 Å². The van der Waals surface area contributed by atoms with Crippen molar-refractivity contribution in [2.45, 2.75) is 19.9 Å². The molecule has 3 N–H and O–H groups in total. The lowest BCUT2D eigenvalue weighted by molar-refractivity contribution is -0.118. The van der Waals surface area contributed by atoms with Crippen molar-refractivity contribution >= 4 is 23.2 Å². The van der Waals surface area contributed by atoms with Gasteiger partial charge in [0.1, 0.15) is 18.3 Å². The van der Waals surface area contributed by atoms with E-state index in [-0.39, 0.29) is 11.8 Å². The number of anilines is 1. The van der Waals surface area contributed by atoms with Gasteiger partial charge in [-0.15, -0.1) is 0 Å². The summed E-state index contributed by atoms with van der Waals surface area (Å²) in [5.41, 5.74) is 6.95. The number of nitrogens with two attached hydrogens (primary N) is 1. The molecule has 1 atom stereocenters. The van der Waals surface area contributed by atoms with Crippen LogP contribution in [-0.2, 0) is 4.79 Å². The van der Waals surface area contributed by atoms with Crippen molar-refractivity contribution in [1.29, 1.82) is 0 Å². The summed E-state index contributed by atoms with van der Waals surface area (Å²) in [6.07, 6.45) is 2.91. The molecule has 0 fully saturated rings. The number of aromatic nitrogens is 3. The molecule has 1 aromatic heterocycles. The minimum atomic E-state index is -0.586. The van der Waals surface area contributed by atoms with Crippen LogP contribution in [0.25, 0.3) is 5.69 Å². The number of benzene rings is 1. The predicted molar refractivity (Wildman–Crippen MR) is 77.8 cm³/mol. The van der Waals surface area contributed by atoms with E-state index in [1.807, 2.05) is 13.8 Å². The van der Waals surface area contributed by atoms with Crippen LogP contribution in [0.2, 0.25) is 5.02 Å². The molecule has 6 nitrogen and oxygen atoms in total. The van der Waals surface area contributed by atoms with Gasteiger partial charge in [0.15, 0.2) is 0 Å². The zero-order chi connectivity index (χ0) is 14.7. The quantitative estimate of drug-likeness (QED) is 0.900. The predicted octanol–water partition coefficient (Wildman–Crippen LogP) is 1.84. The lowest BCUT2D eigenvalue weighted by Gasteiger charge is -2.17. The summed E-state index contributed by atoms with van der Waals surface area (Å²) >= 11 is 6.18. The number of hydrogen-bond donors (Lipinski definition) is 2. The Kier molecular flexibility index (Phi) is 4.36. The molecule has 0 bridgehead atoms. The molecule has 0 saturated carbocycles. The molecule has 0 spiro atoms. The third-order valence-electron chi connectivity index (χ3n) is 2.91. The van der Waals surface area contributed by atoms with E-state index in [1.165, 1.54) is 17.3 Å². The van der Waals surface area contributed by atoms with Gasteiger partial charge in [0.25, 0.3) is 0 Å². The highest BCUT2D eigenvalue weighted by molar-refractivity contribution is 6.33. The maximum absolute atomic E-state index is 12.1. The van der Waals surface area contributed by atoms with Crippen molar-refractivity contribution in [3.8, 4) is 5.69 Å². The number of halogens is 1. The Hall–Kier alpha value is -1.92. The standard InChI is InChI=1S/C13H16ClN5O/c1-8(2)11(15)13(20)18-10-5-3-4-9(14)12(10)19-7-16-6-17-19/h3-8,11H,15H2,1-2H3,(H,18,20). The van der Waals surface area contributed by atoms with E-state index in [4.69, 9.17) is 17.3 Å². The van der Waals surface area contributed by atoms with Gasteiger partial charge >= 0.3 is 0 Å². The van der Waals surface area contributed by atoms with E-state index in [9.17, 15) is 4.79 Å². The molecular weight excluding hydrogens is 278 g/mol. The first-order valence-electron chi connectivity index (χ1n) is 6.20. The number of hydrogen-bond acceptors (Lipinski definition) is 4. The van der Waals surface area contributed by atoms with Gasteiger partial charge in [-0.25, -0.2) is 9.67 Å². The molecule has 0 radical (unpaired) electrons. The van der Waals surface area contributed by atoms with Gasteiger partial charge in [0.05, 0.1) is 16.8 Å². The Morgan fingerprint density at radius 3 is 2.80 bits per heavy atom. The number of amides is 1. The molecule has 2 rings (SSSR count). The van der Waals surface area contributed by atoms with Crippen LogP contribution >= 0.6 is 11.6 Å². The SMILES string of the molecule is CC(C)C(N)C(=O)Nc1cccc(Cl)c1-n1cncn1. The average Bonchev–Trinajstić information content (AvgIpc) is 2.91. The molecular formula is C13H16ClN5O. The van der Waals surface area contributed by atoms with Crippen LogP contribution in [0.1, 0.15) is 13.8 Å². The molecule has 2 aromatic rings. The summed E-state index contributed by atoms with van der Waals surface area (Å²) in [4.78, 5) is 15.9. The van der Waals surface area contributed by atoms with Crippen LogP contribution in [-0.4, -0.2) is 26.7 Å². The topological polar surface area (TPSA) is 85.8 Å². The number of para-hydroxylation sites is 1. The van der Waals surface area contributed by atoms with Gasteiger partial charge in [-0.3, -0.25) is 4.79 Å². The van der Waals surface area contributed by atoms with E-state index in [2.05, 4.69) is 15.4 Å². The van der Waals surface area contributed by atoms with Gasteiger partial charge in [0, 0.05) is 0 Å². The van der Waals surface area contributed by atoms with Gasteiger partial charge in [0.2, 0.25) is 5.91 Å². The lowest BCUT2D eigenvalue weighted by Crippen LogP contribution is -2.39. The van der Waals surface area contributed by atoms with Crippen molar-refractivity contribution in [1.82, 2.24) is 14.8 Å². The van der Waals surface area contributed by atoms with Crippen molar-refractivity contribution in [3.05, 3.63) is 35.9 Å². The molecule has 1 heterocycles. The van der Waals surface area contributed by atoms with Crippen LogP contribution < -0.4 is 11.1 Å². The zero-order valence-corrected chi connectivity index (χ0v) is 12.0. The largest absolute Gasteiger partial charge is 0.323 e. The second-order valence-corrected chi connectivity index (χ2v) is 5.14. The molecule has 0 aliphatic rings. The fraction of sp³-hybridized carbons (Fsp3) is 0.308. The monoisotopic (exact) mass is 293 g/mol. The van der Waals surface area contributed by atoms with E-state index < -0.39 is 6.04 Å².